The summed E-state index contributed by atoms with van der Waals surface area (Å²) in [5, 5.41) is 27.1. The molecule has 5 heteroatoms. The molecule has 1 heterocycles. The lowest BCUT2D eigenvalue weighted by Gasteiger charge is -2.19. The minimum atomic E-state index is -1.51. The standard InChI is InChI=1S/C11H13BN2O2/c13-8-9-7-10(12(15)16)3-4-11(9)14-5-1-2-6-14/h3-4,7,15-16H,1-2,5-6H2. The molecule has 82 valence electrons. The van der Waals surface area contributed by atoms with Crippen LogP contribution in [0.2, 0.25) is 0 Å². The Bertz CT molecular complexity index is 422. The van der Waals surface area contributed by atoms with Gasteiger partial charge in [0.15, 0.2) is 0 Å². The normalized spacial score (nSPS) is 14.9. The highest BCUT2D eigenvalue weighted by Crippen LogP contribution is 2.23. The van der Waals surface area contributed by atoms with Crippen molar-refractivity contribution in [2.75, 3.05) is 18.0 Å². The van der Waals surface area contributed by atoms with Crippen LogP contribution in [0.25, 0.3) is 0 Å². The summed E-state index contributed by atoms with van der Waals surface area (Å²) >= 11 is 0. The topological polar surface area (TPSA) is 67.5 Å². The van der Waals surface area contributed by atoms with Crippen LogP contribution in [0.1, 0.15) is 18.4 Å². The molecule has 1 fully saturated rings. The summed E-state index contributed by atoms with van der Waals surface area (Å²) in [6.07, 6.45) is 2.30. The average Bonchev–Trinajstić information content (AvgIpc) is 2.81. The molecule has 0 atom stereocenters. The van der Waals surface area contributed by atoms with Crippen LogP contribution in [0.5, 0.6) is 0 Å². The molecule has 2 N–H and O–H groups in total. The van der Waals surface area contributed by atoms with E-state index in [2.05, 4.69) is 11.0 Å². The van der Waals surface area contributed by atoms with Gasteiger partial charge in [-0.05, 0) is 30.4 Å². The summed E-state index contributed by atoms with van der Waals surface area (Å²) in [5.74, 6) is 0. The van der Waals surface area contributed by atoms with Gasteiger partial charge in [0.25, 0.3) is 0 Å². The molecule has 1 saturated heterocycles. The number of hydrogen-bond donors (Lipinski definition) is 2. The van der Waals surface area contributed by atoms with Gasteiger partial charge in [0, 0.05) is 13.1 Å². The maximum absolute atomic E-state index is 9.05. The molecule has 1 aromatic carbocycles. The van der Waals surface area contributed by atoms with Crippen molar-refractivity contribution in [3.05, 3.63) is 23.8 Å². The first-order valence-electron chi connectivity index (χ1n) is 5.37. The Morgan fingerprint density at radius 2 is 1.94 bits per heavy atom. The van der Waals surface area contributed by atoms with Gasteiger partial charge in [-0.25, -0.2) is 0 Å². The summed E-state index contributed by atoms with van der Waals surface area (Å²) in [6, 6.07) is 7.09. The van der Waals surface area contributed by atoms with E-state index in [1.54, 1.807) is 18.2 Å². The van der Waals surface area contributed by atoms with Crippen molar-refractivity contribution in [2.45, 2.75) is 12.8 Å². The van der Waals surface area contributed by atoms with Crippen molar-refractivity contribution >= 4 is 18.3 Å². The lowest BCUT2D eigenvalue weighted by molar-refractivity contribution is 0.426. The molecule has 0 aromatic heterocycles. The van der Waals surface area contributed by atoms with Crippen molar-refractivity contribution < 1.29 is 10.0 Å². The van der Waals surface area contributed by atoms with Gasteiger partial charge in [-0.1, -0.05) is 6.07 Å². The molecule has 4 nitrogen and oxygen atoms in total. The molecule has 0 radical (unpaired) electrons. The first-order chi connectivity index (χ1) is 7.72. The van der Waals surface area contributed by atoms with Crippen molar-refractivity contribution in [3.8, 4) is 6.07 Å². The molecule has 0 aliphatic carbocycles. The highest BCUT2D eigenvalue weighted by molar-refractivity contribution is 6.58. The minimum Gasteiger partial charge on any atom is -0.423 e. The molecule has 1 aliphatic rings. The fourth-order valence-corrected chi connectivity index (χ4v) is 2.04. The fourth-order valence-electron chi connectivity index (χ4n) is 2.04. The zero-order valence-electron chi connectivity index (χ0n) is 8.93. The maximum Gasteiger partial charge on any atom is 0.488 e. The van der Waals surface area contributed by atoms with E-state index in [9.17, 15) is 0 Å². The first-order valence-corrected chi connectivity index (χ1v) is 5.37. The number of benzene rings is 1. The van der Waals surface area contributed by atoms with E-state index in [-0.39, 0.29) is 0 Å². The van der Waals surface area contributed by atoms with Gasteiger partial charge in [0.2, 0.25) is 0 Å². The molecule has 0 saturated carbocycles. The molecule has 0 spiro atoms. The monoisotopic (exact) mass is 216 g/mol. The fraction of sp³-hybridized carbons (Fsp3) is 0.364. The summed E-state index contributed by atoms with van der Waals surface area (Å²) in [5.41, 5.74) is 1.76. The third-order valence-corrected chi connectivity index (χ3v) is 2.89. The van der Waals surface area contributed by atoms with E-state index in [1.165, 1.54) is 0 Å². The van der Waals surface area contributed by atoms with Gasteiger partial charge < -0.3 is 14.9 Å². The van der Waals surface area contributed by atoms with Crippen LogP contribution in [0.3, 0.4) is 0 Å². The Morgan fingerprint density at radius 1 is 1.25 bits per heavy atom. The van der Waals surface area contributed by atoms with Crippen LogP contribution in [0, 0.1) is 11.3 Å². The molecule has 1 aromatic rings. The summed E-state index contributed by atoms with van der Waals surface area (Å²) < 4.78 is 0. The quantitative estimate of drug-likeness (QED) is 0.674. The third-order valence-electron chi connectivity index (χ3n) is 2.89. The highest BCUT2D eigenvalue weighted by Gasteiger charge is 2.18. The Morgan fingerprint density at radius 3 is 2.50 bits per heavy atom. The van der Waals surface area contributed by atoms with Gasteiger partial charge in [-0.15, -0.1) is 0 Å². The molecule has 2 rings (SSSR count). The summed E-state index contributed by atoms with van der Waals surface area (Å²) in [7, 11) is -1.51. The SMILES string of the molecule is N#Cc1cc(B(O)O)ccc1N1CCCC1. The van der Waals surface area contributed by atoms with E-state index in [1.807, 2.05) is 0 Å². The van der Waals surface area contributed by atoms with E-state index in [4.69, 9.17) is 15.3 Å². The highest BCUT2D eigenvalue weighted by atomic mass is 16.4. The smallest absolute Gasteiger partial charge is 0.423 e. The van der Waals surface area contributed by atoms with E-state index in [0.717, 1.165) is 31.6 Å². The summed E-state index contributed by atoms with van der Waals surface area (Å²) in [4.78, 5) is 2.16. The molecular weight excluding hydrogens is 203 g/mol. The first kappa shape index (κ1) is 11.0. The largest absolute Gasteiger partial charge is 0.488 e. The van der Waals surface area contributed by atoms with Crippen molar-refractivity contribution in [1.82, 2.24) is 0 Å². The molecular formula is C11H13BN2O2. The maximum atomic E-state index is 9.05. The van der Waals surface area contributed by atoms with Crippen LogP contribution in [0.4, 0.5) is 5.69 Å². The molecule has 1 aliphatic heterocycles. The second-order valence-electron chi connectivity index (χ2n) is 3.96. The van der Waals surface area contributed by atoms with Crippen LogP contribution >= 0.6 is 0 Å². The number of anilines is 1. The van der Waals surface area contributed by atoms with Crippen LogP contribution in [-0.2, 0) is 0 Å². The Balaban J connectivity index is 2.35. The zero-order valence-corrected chi connectivity index (χ0v) is 8.93. The number of nitriles is 1. The third kappa shape index (κ3) is 2.03. The lowest BCUT2D eigenvalue weighted by Crippen LogP contribution is -2.30. The second-order valence-corrected chi connectivity index (χ2v) is 3.96. The number of nitrogens with zero attached hydrogens (tertiary/aromatic N) is 2. The molecule has 16 heavy (non-hydrogen) atoms. The predicted molar refractivity (Wildman–Crippen MR) is 62.4 cm³/mol. The van der Waals surface area contributed by atoms with E-state index >= 15 is 0 Å². The molecule has 0 amide bonds. The Hall–Kier alpha value is -1.51. The van der Waals surface area contributed by atoms with E-state index < -0.39 is 7.12 Å². The van der Waals surface area contributed by atoms with Gasteiger partial charge in [-0.2, -0.15) is 5.26 Å². The number of hydrogen-bond acceptors (Lipinski definition) is 4. The summed E-state index contributed by atoms with van der Waals surface area (Å²) in [6.45, 7) is 1.94. The predicted octanol–water partition coefficient (Wildman–Crippen LogP) is -0.162. The van der Waals surface area contributed by atoms with Gasteiger partial charge >= 0.3 is 7.12 Å². The van der Waals surface area contributed by atoms with Gasteiger partial charge in [-0.3, -0.25) is 0 Å². The van der Waals surface area contributed by atoms with Crippen molar-refractivity contribution in [2.24, 2.45) is 0 Å². The van der Waals surface area contributed by atoms with Crippen LogP contribution < -0.4 is 10.4 Å². The second kappa shape index (κ2) is 4.56. The zero-order chi connectivity index (χ0) is 11.5. The Labute approximate surface area is 94.9 Å². The Kier molecular flexibility index (Phi) is 3.13. The van der Waals surface area contributed by atoms with Crippen molar-refractivity contribution in [1.29, 1.82) is 5.26 Å². The van der Waals surface area contributed by atoms with Crippen LogP contribution in [-0.4, -0.2) is 30.3 Å². The average molecular weight is 216 g/mol. The van der Waals surface area contributed by atoms with Gasteiger partial charge in [0.05, 0.1) is 11.3 Å². The molecule has 0 unspecified atom stereocenters. The van der Waals surface area contributed by atoms with Gasteiger partial charge in [0.1, 0.15) is 6.07 Å². The van der Waals surface area contributed by atoms with Crippen LogP contribution in [0.15, 0.2) is 18.2 Å². The van der Waals surface area contributed by atoms with E-state index in [0.29, 0.717) is 11.0 Å². The molecule has 0 bridgehead atoms. The number of rotatable bonds is 2. The minimum absolute atomic E-state index is 0.361. The lowest BCUT2D eigenvalue weighted by atomic mass is 9.79. The van der Waals surface area contributed by atoms with Crippen molar-refractivity contribution in [3.63, 3.8) is 0 Å².